The summed E-state index contributed by atoms with van der Waals surface area (Å²) in [4.78, 5) is 40.2. The Bertz CT molecular complexity index is 1350. The van der Waals surface area contributed by atoms with Crippen molar-refractivity contribution >= 4 is 32.7 Å². The quantitative estimate of drug-likeness (QED) is 0.457. The third kappa shape index (κ3) is 4.19. The summed E-state index contributed by atoms with van der Waals surface area (Å²) in [5, 5.41) is 3.66. The summed E-state index contributed by atoms with van der Waals surface area (Å²) in [6.07, 6.45) is 1.63. The lowest BCUT2D eigenvalue weighted by Crippen LogP contribution is -2.43. The van der Waals surface area contributed by atoms with Crippen molar-refractivity contribution in [2.75, 3.05) is 18.6 Å². The molecule has 0 radical (unpaired) electrons. The van der Waals surface area contributed by atoms with E-state index in [4.69, 9.17) is 4.74 Å². The molecule has 1 aliphatic heterocycles. The standard InChI is InChI=1S/C24H23N5O3S/c1-32-18-12-6-5-10-16(18)20-27-22(31)19-23(28-20)33-24(26-19)29-13-7-11-17(29)21(30)25-14-15-8-3-2-4-9-15/h2-6,8-10,12,17H,7,11,13-14H2,1H3,(H,25,30)(H,27,28,31)/t17-/m1/s1. The molecule has 0 aliphatic carbocycles. The van der Waals surface area contributed by atoms with Crippen LogP contribution in [0.1, 0.15) is 18.4 Å². The highest BCUT2D eigenvalue weighted by Gasteiger charge is 2.33. The molecule has 3 heterocycles. The summed E-state index contributed by atoms with van der Waals surface area (Å²) in [6, 6.07) is 16.9. The number of anilines is 1. The molecule has 8 nitrogen and oxygen atoms in total. The average Bonchev–Trinajstić information content (AvgIpc) is 3.50. The Kier molecular flexibility index (Phi) is 5.78. The first-order chi connectivity index (χ1) is 16.1. The number of para-hydroxylation sites is 1. The summed E-state index contributed by atoms with van der Waals surface area (Å²) in [5.41, 5.74) is 1.72. The number of carbonyl (C=O) groups excluding carboxylic acids is 1. The summed E-state index contributed by atoms with van der Waals surface area (Å²) in [6.45, 7) is 1.19. The van der Waals surface area contributed by atoms with Crippen LogP contribution < -0.4 is 20.5 Å². The molecule has 1 amide bonds. The Labute approximate surface area is 194 Å². The molecule has 2 aromatic heterocycles. The molecule has 33 heavy (non-hydrogen) atoms. The normalized spacial score (nSPS) is 15.7. The van der Waals surface area contributed by atoms with Gasteiger partial charge >= 0.3 is 0 Å². The fraction of sp³-hybridized carbons (Fsp3) is 0.250. The van der Waals surface area contributed by atoms with E-state index in [1.807, 2.05) is 59.5 Å². The molecule has 1 saturated heterocycles. The Hall–Kier alpha value is -3.72. The molecule has 9 heteroatoms. The smallest absolute Gasteiger partial charge is 0.278 e. The third-order valence-electron chi connectivity index (χ3n) is 5.73. The summed E-state index contributed by atoms with van der Waals surface area (Å²) >= 11 is 1.33. The van der Waals surface area contributed by atoms with Crippen molar-refractivity contribution in [1.82, 2.24) is 20.3 Å². The van der Waals surface area contributed by atoms with Crippen molar-refractivity contribution in [2.45, 2.75) is 25.4 Å². The molecule has 0 unspecified atom stereocenters. The van der Waals surface area contributed by atoms with E-state index >= 15 is 0 Å². The number of carbonyl (C=O) groups is 1. The number of hydrogen-bond acceptors (Lipinski definition) is 7. The van der Waals surface area contributed by atoms with Gasteiger partial charge in [-0.1, -0.05) is 53.8 Å². The first-order valence-electron chi connectivity index (χ1n) is 10.8. The number of aromatic amines is 1. The largest absolute Gasteiger partial charge is 0.496 e. The third-order valence-corrected chi connectivity index (χ3v) is 6.72. The number of aromatic nitrogens is 3. The monoisotopic (exact) mass is 461 g/mol. The number of ether oxygens (including phenoxy) is 1. The van der Waals surface area contributed by atoms with Gasteiger partial charge in [-0.3, -0.25) is 9.59 Å². The number of thiazole rings is 1. The Morgan fingerprint density at radius 1 is 1.18 bits per heavy atom. The molecule has 0 bridgehead atoms. The minimum Gasteiger partial charge on any atom is -0.496 e. The zero-order chi connectivity index (χ0) is 22.8. The lowest BCUT2D eigenvalue weighted by atomic mass is 10.2. The summed E-state index contributed by atoms with van der Waals surface area (Å²) in [7, 11) is 1.58. The topological polar surface area (TPSA) is 100 Å². The van der Waals surface area contributed by atoms with Gasteiger partial charge in [0.2, 0.25) is 5.91 Å². The van der Waals surface area contributed by atoms with Gasteiger partial charge in [0.25, 0.3) is 5.56 Å². The first-order valence-corrected chi connectivity index (χ1v) is 11.6. The number of H-pyrrole nitrogens is 1. The van der Waals surface area contributed by atoms with E-state index in [1.54, 1.807) is 7.11 Å². The Morgan fingerprint density at radius 3 is 2.79 bits per heavy atom. The van der Waals surface area contributed by atoms with Crippen molar-refractivity contribution in [1.29, 1.82) is 0 Å². The zero-order valence-corrected chi connectivity index (χ0v) is 18.9. The molecule has 0 saturated carbocycles. The van der Waals surface area contributed by atoms with Crippen molar-refractivity contribution < 1.29 is 9.53 Å². The van der Waals surface area contributed by atoms with Crippen molar-refractivity contribution in [3.8, 4) is 17.1 Å². The van der Waals surface area contributed by atoms with Gasteiger partial charge in [0.15, 0.2) is 15.5 Å². The highest BCUT2D eigenvalue weighted by Crippen LogP contribution is 2.33. The SMILES string of the molecule is COc1ccccc1-c1nc2sc(N3CCC[C@@H]3C(=O)NCc3ccccc3)nc2c(=O)[nH]1. The van der Waals surface area contributed by atoms with Gasteiger partial charge in [-0.2, -0.15) is 0 Å². The predicted molar refractivity (Wildman–Crippen MR) is 129 cm³/mol. The van der Waals surface area contributed by atoms with Crippen LogP contribution in [-0.4, -0.2) is 40.6 Å². The van der Waals surface area contributed by atoms with Crippen LogP contribution in [0.3, 0.4) is 0 Å². The first kappa shape index (κ1) is 21.1. The van der Waals surface area contributed by atoms with E-state index < -0.39 is 0 Å². The molecule has 1 atom stereocenters. The molecule has 1 aliphatic rings. The van der Waals surface area contributed by atoms with Crippen LogP contribution in [0.25, 0.3) is 21.7 Å². The number of benzene rings is 2. The van der Waals surface area contributed by atoms with Crippen LogP contribution in [0.5, 0.6) is 5.75 Å². The van der Waals surface area contributed by atoms with Gasteiger partial charge in [-0.25, -0.2) is 9.97 Å². The van der Waals surface area contributed by atoms with Crippen LogP contribution in [0.2, 0.25) is 0 Å². The van der Waals surface area contributed by atoms with Crippen LogP contribution in [0.15, 0.2) is 59.4 Å². The van der Waals surface area contributed by atoms with Crippen molar-refractivity contribution in [3.05, 3.63) is 70.5 Å². The van der Waals surface area contributed by atoms with Gasteiger partial charge in [0.1, 0.15) is 17.6 Å². The maximum atomic E-state index is 12.9. The highest BCUT2D eigenvalue weighted by atomic mass is 32.1. The van der Waals surface area contributed by atoms with E-state index in [0.29, 0.717) is 40.2 Å². The van der Waals surface area contributed by atoms with Crippen LogP contribution in [0.4, 0.5) is 5.13 Å². The number of nitrogens with zero attached hydrogens (tertiary/aromatic N) is 3. The number of nitrogens with one attached hydrogen (secondary N) is 2. The molecular weight excluding hydrogens is 438 g/mol. The second-order valence-electron chi connectivity index (χ2n) is 7.82. The molecule has 4 aromatic rings. The molecule has 2 aromatic carbocycles. The van der Waals surface area contributed by atoms with Gasteiger partial charge in [0.05, 0.1) is 12.7 Å². The Balaban J connectivity index is 1.41. The van der Waals surface area contributed by atoms with Gasteiger partial charge in [-0.15, -0.1) is 0 Å². The maximum Gasteiger partial charge on any atom is 0.278 e. The molecule has 5 rings (SSSR count). The zero-order valence-electron chi connectivity index (χ0n) is 18.1. The fourth-order valence-corrected chi connectivity index (χ4v) is 5.10. The molecular formula is C24H23N5O3S. The highest BCUT2D eigenvalue weighted by molar-refractivity contribution is 7.21. The van der Waals surface area contributed by atoms with Gasteiger partial charge < -0.3 is 19.9 Å². The summed E-state index contributed by atoms with van der Waals surface area (Å²) < 4.78 is 5.41. The average molecular weight is 462 g/mol. The molecule has 0 spiro atoms. The number of fused-ring (bicyclic) bond motifs is 1. The minimum absolute atomic E-state index is 0.0350. The van der Waals surface area contributed by atoms with Gasteiger partial charge in [0, 0.05) is 13.1 Å². The van der Waals surface area contributed by atoms with E-state index in [2.05, 4.69) is 20.3 Å². The minimum atomic E-state index is -0.318. The number of amides is 1. The van der Waals surface area contributed by atoms with Crippen LogP contribution in [0, 0.1) is 0 Å². The lowest BCUT2D eigenvalue weighted by molar-refractivity contribution is -0.122. The van der Waals surface area contributed by atoms with E-state index in [-0.39, 0.29) is 23.0 Å². The lowest BCUT2D eigenvalue weighted by Gasteiger charge is -2.23. The molecule has 2 N–H and O–H groups in total. The fourth-order valence-electron chi connectivity index (χ4n) is 4.08. The number of rotatable bonds is 6. The van der Waals surface area contributed by atoms with Crippen molar-refractivity contribution in [3.63, 3.8) is 0 Å². The van der Waals surface area contributed by atoms with Crippen molar-refractivity contribution in [2.24, 2.45) is 0 Å². The van der Waals surface area contributed by atoms with Crippen LogP contribution >= 0.6 is 11.3 Å². The molecule has 1 fully saturated rings. The summed E-state index contributed by atoms with van der Waals surface area (Å²) in [5.74, 6) is 1.02. The van der Waals surface area contributed by atoms with Gasteiger partial charge in [-0.05, 0) is 30.5 Å². The van der Waals surface area contributed by atoms with Crippen LogP contribution in [-0.2, 0) is 11.3 Å². The second-order valence-corrected chi connectivity index (χ2v) is 8.78. The Morgan fingerprint density at radius 2 is 1.97 bits per heavy atom. The van der Waals surface area contributed by atoms with E-state index in [0.717, 1.165) is 18.4 Å². The van der Waals surface area contributed by atoms with E-state index in [1.165, 1.54) is 11.3 Å². The predicted octanol–water partition coefficient (Wildman–Crippen LogP) is 3.34. The second kappa shape index (κ2) is 9.03. The maximum absolute atomic E-state index is 12.9. The molecule has 168 valence electrons. The number of methoxy groups -OCH3 is 1. The van der Waals surface area contributed by atoms with E-state index in [9.17, 15) is 9.59 Å². The number of hydrogen-bond donors (Lipinski definition) is 2.